The molecular formula is C16H15N3O2. The van der Waals surface area contributed by atoms with Crippen LogP contribution in [0.25, 0.3) is 6.08 Å². The van der Waals surface area contributed by atoms with Crippen molar-refractivity contribution in [2.45, 2.75) is 20.3 Å². The van der Waals surface area contributed by atoms with Gasteiger partial charge in [0.05, 0.1) is 5.57 Å². The van der Waals surface area contributed by atoms with Gasteiger partial charge in [-0.3, -0.25) is 10.2 Å². The molecule has 0 aliphatic carbocycles. The molecule has 1 N–H and O–H groups in total. The number of hydroxylamine groups is 2. The van der Waals surface area contributed by atoms with Gasteiger partial charge in [0.1, 0.15) is 5.76 Å². The van der Waals surface area contributed by atoms with Crippen molar-refractivity contribution in [3.8, 4) is 0 Å². The number of amidine groups is 2. The van der Waals surface area contributed by atoms with Gasteiger partial charge in [0.25, 0.3) is 5.91 Å². The molecule has 2 heterocycles. The number of nitrogens with zero attached hydrogens (tertiary/aromatic N) is 2. The van der Waals surface area contributed by atoms with Crippen molar-refractivity contribution in [1.29, 1.82) is 5.41 Å². The first-order valence-corrected chi connectivity index (χ1v) is 6.77. The van der Waals surface area contributed by atoms with Crippen LogP contribution in [0.1, 0.15) is 25.0 Å². The molecule has 2 aliphatic rings. The summed E-state index contributed by atoms with van der Waals surface area (Å²) in [5, 5.41) is 9.39. The molecule has 2 aliphatic heterocycles. The Labute approximate surface area is 122 Å². The molecule has 0 radical (unpaired) electrons. The van der Waals surface area contributed by atoms with Gasteiger partial charge in [-0.2, -0.15) is 4.99 Å². The van der Waals surface area contributed by atoms with Gasteiger partial charge in [-0.1, -0.05) is 31.2 Å². The third kappa shape index (κ3) is 2.38. The van der Waals surface area contributed by atoms with Crippen molar-refractivity contribution < 1.29 is 9.63 Å². The summed E-state index contributed by atoms with van der Waals surface area (Å²) >= 11 is 0. The van der Waals surface area contributed by atoms with Gasteiger partial charge in [-0.15, -0.1) is 5.06 Å². The Kier molecular flexibility index (Phi) is 3.17. The minimum absolute atomic E-state index is 0.0117. The molecule has 1 amide bonds. The third-order valence-electron chi connectivity index (χ3n) is 3.38. The van der Waals surface area contributed by atoms with Crippen LogP contribution < -0.4 is 0 Å². The maximum atomic E-state index is 12.1. The van der Waals surface area contributed by atoms with Crippen molar-refractivity contribution in [1.82, 2.24) is 5.06 Å². The Bertz CT molecular complexity index is 712. The summed E-state index contributed by atoms with van der Waals surface area (Å²) in [5.41, 5.74) is 2.32. The predicted molar refractivity (Wildman–Crippen MR) is 80.6 cm³/mol. The molecule has 0 saturated heterocycles. The van der Waals surface area contributed by atoms with E-state index in [1.54, 1.807) is 19.1 Å². The number of aliphatic imine (C=N–C) groups is 1. The Morgan fingerprint density at radius 1 is 1.33 bits per heavy atom. The smallest absolute Gasteiger partial charge is 0.282 e. The van der Waals surface area contributed by atoms with Crippen LogP contribution in [-0.4, -0.2) is 22.6 Å². The van der Waals surface area contributed by atoms with E-state index < -0.39 is 5.91 Å². The number of allylic oxidation sites excluding steroid dienone is 1. The second-order valence-corrected chi connectivity index (χ2v) is 4.92. The maximum Gasteiger partial charge on any atom is 0.282 e. The maximum absolute atomic E-state index is 12.1. The zero-order chi connectivity index (χ0) is 15.0. The molecular weight excluding hydrogens is 266 g/mol. The van der Waals surface area contributed by atoms with Gasteiger partial charge in [0.2, 0.25) is 0 Å². The molecule has 5 heteroatoms. The Morgan fingerprint density at radius 3 is 2.71 bits per heavy atom. The molecule has 5 nitrogen and oxygen atoms in total. The Balaban J connectivity index is 1.94. The van der Waals surface area contributed by atoms with E-state index in [0.29, 0.717) is 11.6 Å². The number of hydrogen-bond donors (Lipinski definition) is 1. The van der Waals surface area contributed by atoms with Crippen molar-refractivity contribution in [3.05, 3.63) is 52.8 Å². The van der Waals surface area contributed by atoms with Crippen LogP contribution in [0.4, 0.5) is 0 Å². The number of carbonyl (C=O) groups excluding carboxylic acids is 1. The average Bonchev–Trinajstić information content (AvgIpc) is 2.85. The molecule has 0 aromatic heterocycles. The summed E-state index contributed by atoms with van der Waals surface area (Å²) in [5.74, 6) is 0.568. The van der Waals surface area contributed by atoms with E-state index in [9.17, 15) is 4.79 Å². The molecule has 0 bridgehead atoms. The van der Waals surface area contributed by atoms with E-state index in [4.69, 9.17) is 10.2 Å². The fourth-order valence-electron chi connectivity index (χ4n) is 2.22. The van der Waals surface area contributed by atoms with Crippen LogP contribution in [0.15, 0.2) is 46.7 Å². The van der Waals surface area contributed by atoms with Crippen molar-refractivity contribution >= 4 is 23.7 Å². The molecule has 1 aromatic rings. The van der Waals surface area contributed by atoms with Crippen LogP contribution in [0.3, 0.4) is 0 Å². The standard InChI is InChI=1S/C16H15N3O2/c1-3-11-4-6-12(7-5-11)9-13-15(17)19-14(18-16(13)20)8-10(2)21-19/h4-9,17H,3H2,1-2H3/b13-9+,17-15?. The second kappa shape index (κ2) is 5.01. The van der Waals surface area contributed by atoms with Crippen LogP contribution in [-0.2, 0) is 16.1 Å². The highest BCUT2D eigenvalue weighted by Gasteiger charge is 2.34. The lowest BCUT2D eigenvalue weighted by atomic mass is 10.1. The van der Waals surface area contributed by atoms with Gasteiger partial charge in [-0.25, -0.2) is 0 Å². The quantitative estimate of drug-likeness (QED) is 0.848. The minimum atomic E-state index is -0.416. The number of carbonyl (C=O) groups is 1. The molecule has 3 rings (SSSR count). The van der Waals surface area contributed by atoms with E-state index >= 15 is 0 Å². The fraction of sp³-hybridized carbons (Fsp3) is 0.188. The van der Waals surface area contributed by atoms with Gasteiger partial charge in [0, 0.05) is 6.08 Å². The second-order valence-electron chi connectivity index (χ2n) is 4.92. The number of nitrogens with one attached hydrogen (secondary N) is 1. The SMILES string of the molecule is CCc1ccc(/C=C2\C(=N)N3OC(C)=CC3=NC2=O)cc1. The lowest BCUT2D eigenvalue weighted by Crippen LogP contribution is -2.38. The van der Waals surface area contributed by atoms with E-state index in [2.05, 4.69) is 11.9 Å². The largest absolute Gasteiger partial charge is 0.376 e. The first-order chi connectivity index (χ1) is 10.1. The molecule has 0 saturated carbocycles. The molecule has 0 spiro atoms. The van der Waals surface area contributed by atoms with Crippen molar-refractivity contribution in [2.75, 3.05) is 0 Å². The number of hydrogen-bond acceptors (Lipinski definition) is 3. The summed E-state index contributed by atoms with van der Waals surface area (Å²) in [6, 6.07) is 7.88. The topological polar surface area (TPSA) is 65.8 Å². The number of benzene rings is 1. The lowest BCUT2D eigenvalue weighted by molar-refractivity contribution is -0.114. The highest BCUT2D eigenvalue weighted by Crippen LogP contribution is 2.23. The van der Waals surface area contributed by atoms with Crippen LogP contribution in [0.5, 0.6) is 0 Å². The molecule has 0 unspecified atom stereocenters. The number of amides is 1. The highest BCUT2D eigenvalue weighted by molar-refractivity contribution is 6.32. The average molecular weight is 281 g/mol. The zero-order valence-electron chi connectivity index (χ0n) is 11.9. The zero-order valence-corrected chi connectivity index (χ0v) is 11.9. The van der Waals surface area contributed by atoms with Crippen LogP contribution in [0, 0.1) is 5.41 Å². The van der Waals surface area contributed by atoms with E-state index in [-0.39, 0.29) is 11.4 Å². The summed E-state index contributed by atoms with van der Waals surface area (Å²) in [6.45, 7) is 3.84. The van der Waals surface area contributed by atoms with Crippen LogP contribution >= 0.6 is 0 Å². The van der Waals surface area contributed by atoms with Gasteiger partial charge >= 0.3 is 0 Å². The van der Waals surface area contributed by atoms with Crippen molar-refractivity contribution in [3.63, 3.8) is 0 Å². The summed E-state index contributed by atoms with van der Waals surface area (Å²) in [7, 11) is 0. The summed E-state index contributed by atoms with van der Waals surface area (Å²) in [4.78, 5) is 21.4. The molecule has 1 aromatic carbocycles. The van der Waals surface area contributed by atoms with Crippen molar-refractivity contribution in [2.24, 2.45) is 4.99 Å². The lowest BCUT2D eigenvalue weighted by Gasteiger charge is -2.22. The number of rotatable bonds is 2. The minimum Gasteiger partial charge on any atom is -0.376 e. The van der Waals surface area contributed by atoms with E-state index in [1.807, 2.05) is 24.3 Å². The molecule has 21 heavy (non-hydrogen) atoms. The number of fused-ring (bicyclic) bond motifs is 1. The fourth-order valence-corrected chi connectivity index (χ4v) is 2.22. The van der Waals surface area contributed by atoms with Gasteiger partial charge < -0.3 is 4.84 Å². The Morgan fingerprint density at radius 2 is 2.05 bits per heavy atom. The Hall–Kier alpha value is -2.69. The van der Waals surface area contributed by atoms with Gasteiger partial charge in [-0.05, 0) is 30.5 Å². The molecule has 0 atom stereocenters. The predicted octanol–water partition coefficient (Wildman–Crippen LogP) is 2.70. The summed E-state index contributed by atoms with van der Waals surface area (Å²) < 4.78 is 0. The number of aryl methyl sites for hydroxylation is 1. The van der Waals surface area contributed by atoms with Crippen LogP contribution in [0.2, 0.25) is 0 Å². The first kappa shape index (κ1) is 13.3. The normalized spacial score (nSPS) is 19.3. The van der Waals surface area contributed by atoms with E-state index in [1.165, 1.54) is 10.6 Å². The highest BCUT2D eigenvalue weighted by atomic mass is 16.7. The molecule has 106 valence electrons. The summed E-state index contributed by atoms with van der Waals surface area (Å²) in [6.07, 6.45) is 4.27. The third-order valence-corrected chi connectivity index (χ3v) is 3.38. The van der Waals surface area contributed by atoms with Gasteiger partial charge in [0.15, 0.2) is 11.7 Å². The first-order valence-electron chi connectivity index (χ1n) is 6.77. The van der Waals surface area contributed by atoms with E-state index in [0.717, 1.165) is 12.0 Å². The molecule has 0 fully saturated rings. The monoisotopic (exact) mass is 281 g/mol.